The average Bonchev–Trinajstić information content (AvgIpc) is 3.14. The molecule has 3 heterocycles. The molecule has 2 aliphatic heterocycles. The highest BCUT2D eigenvalue weighted by Gasteiger charge is 2.45. The molecule has 0 saturated carbocycles. The molecule has 2 aromatic carbocycles. The van der Waals surface area contributed by atoms with Gasteiger partial charge >= 0.3 is 6.09 Å². The molecule has 2 aliphatic rings. The average molecular weight is 562 g/mol. The van der Waals surface area contributed by atoms with Crippen molar-refractivity contribution in [3.05, 3.63) is 57.7 Å². The zero-order valence-electron chi connectivity index (χ0n) is 21.8. The summed E-state index contributed by atoms with van der Waals surface area (Å²) in [6, 6.07) is 6.95. The minimum absolute atomic E-state index is 0.0663. The molecular weight excluding hydrogens is 532 g/mol. The van der Waals surface area contributed by atoms with E-state index in [0.29, 0.717) is 41.1 Å². The number of carbonyl (C=O) groups is 1. The van der Waals surface area contributed by atoms with Crippen molar-refractivity contribution >= 4 is 40.2 Å². The Bertz CT molecular complexity index is 1370. The summed E-state index contributed by atoms with van der Waals surface area (Å²) >= 11 is 12.0. The summed E-state index contributed by atoms with van der Waals surface area (Å²) in [6.45, 7) is 5.63. The predicted octanol–water partition coefficient (Wildman–Crippen LogP) is 6.98. The summed E-state index contributed by atoms with van der Waals surface area (Å²) in [4.78, 5) is 23.5. The van der Waals surface area contributed by atoms with Crippen molar-refractivity contribution in [2.24, 2.45) is 0 Å². The SMILES string of the molecule is COc1cc2ncnc(Cc3ccc(Cl)c(Cl)c3F)c2cc1OC1CC2CCC(C1)N2C(=O)OC(C)(C)C. The third-order valence-electron chi connectivity index (χ3n) is 7.06. The van der Waals surface area contributed by atoms with Crippen LogP contribution in [-0.2, 0) is 11.2 Å². The van der Waals surface area contributed by atoms with Crippen LogP contribution in [0.2, 0.25) is 10.0 Å². The molecule has 0 aliphatic carbocycles. The van der Waals surface area contributed by atoms with Crippen LogP contribution in [-0.4, -0.2) is 51.9 Å². The second kappa shape index (κ2) is 10.4. The summed E-state index contributed by atoms with van der Waals surface area (Å²) in [5.41, 5.74) is 1.12. The van der Waals surface area contributed by atoms with E-state index in [9.17, 15) is 9.18 Å². The molecule has 202 valence electrons. The number of amides is 1. The number of benzene rings is 2. The van der Waals surface area contributed by atoms with Crippen LogP contribution in [0.3, 0.4) is 0 Å². The van der Waals surface area contributed by atoms with E-state index in [1.54, 1.807) is 25.3 Å². The highest BCUT2D eigenvalue weighted by atomic mass is 35.5. The Kier molecular flexibility index (Phi) is 7.31. The quantitative estimate of drug-likeness (QED) is 0.313. The molecule has 5 rings (SSSR count). The van der Waals surface area contributed by atoms with Crippen molar-refractivity contribution in [3.63, 3.8) is 0 Å². The number of piperidine rings is 1. The van der Waals surface area contributed by atoms with Crippen LogP contribution in [0.15, 0.2) is 30.6 Å². The van der Waals surface area contributed by atoms with Gasteiger partial charge in [-0.2, -0.15) is 0 Å². The van der Waals surface area contributed by atoms with Crippen molar-refractivity contribution in [2.75, 3.05) is 7.11 Å². The Morgan fingerprint density at radius 1 is 1.11 bits per heavy atom. The number of fused-ring (bicyclic) bond motifs is 3. The fourth-order valence-corrected chi connectivity index (χ4v) is 5.74. The van der Waals surface area contributed by atoms with E-state index < -0.39 is 11.4 Å². The summed E-state index contributed by atoms with van der Waals surface area (Å²) < 4.78 is 32.5. The molecule has 2 fully saturated rings. The number of halogens is 3. The molecule has 0 N–H and O–H groups in total. The highest BCUT2D eigenvalue weighted by Crippen LogP contribution is 2.41. The van der Waals surface area contributed by atoms with Crippen molar-refractivity contribution < 1.29 is 23.4 Å². The minimum Gasteiger partial charge on any atom is -0.493 e. The Morgan fingerprint density at radius 3 is 2.47 bits per heavy atom. The number of rotatable bonds is 5. The van der Waals surface area contributed by atoms with Crippen molar-refractivity contribution in [3.8, 4) is 11.5 Å². The fraction of sp³-hybridized carbons (Fsp3) is 0.464. The van der Waals surface area contributed by atoms with Gasteiger partial charge in [-0.3, -0.25) is 0 Å². The van der Waals surface area contributed by atoms with Crippen LogP contribution >= 0.6 is 23.2 Å². The second-order valence-electron chi connectivity index (χ2n) is 10.8. The third-order valence-corrected chi connectivity index (χ3v) is 7.85. The fourth-order valence-electron chi connectivity index (χ4n) is 5.41. The van der Waals surface area contributed by atoms with Gasteiger partial charge in [0.15, 0.2) is 11.5 Å². The number of hydrogen-bond donors (Lipinski definition) is 0. The van der Waals surface area contributed by atoms with Crippen LogP contribution in [0.5, 0.6) is 11.5 Å². The molecule has 7 nitrogen and oxygen atoms in total. The number of ether oxygens (including phenoxy) is 3. The normalized spacial score (nSPS) is 21.0. The molecule has 2 atom stereocenters. The van der Waals surface area contributed by atoms with Gasteiger partial charge < -0.3 is 19.1 Å². The number of aromatic nitrogens is 2. The van der Waals surface area contributed by atoms with Gasteiger partial charge in [0, 0.05) is 42.8 Å². The first kappa shape index (κ1) is 26.8. The van der Waals surface area contributed by atoms with Crippen LogP contribution in [0.1, 0.15) is 57.7 Å². The zero-order chi connectivity index (χ0) is 27.2. The maximum Gasteiger partial charge on any atom is 0.410 e. The van der Waals surface area contributed by atoms with Crippen LogP contribution < -0.4 is 9.47 Å². The maximum absolute atomic E-state index is 14.8. The first-order valence-electron chi connectivity index (χ1n) is 12.7. The standard InChI is InChI=1S/C28H30Cl2FN3O4/c1-28(2,3)38-27(35)34-16-6-7-17(34)11-18(10-16)37-24-12-19-21(32-14-33-22(19)13-23(24)36-4)9-15-5-8-20(29)25(30)26(15)31/h5,8,12-14,16-18H,6-7,9-11H2,1-4H3. The van der Waals surface area contributed by atoms with E-state index in [2.05, 4.69) is 9.97 Å². The van der Waals surface area contributed by atoms with Crippen LogP contribution in [0, 0.1) is 5.82 Å². The molecule has 3 aromatic rings. The maximum atomic E-state index is 14.8. The van der Waals surface area contributed by atoms with Gasteiger partial charge in [-0.25, -0.2) is 19.2 Å². The molecule has 0 spiro atoms. The molecule has 2 saturated heterocycles. The molecule has 2 unspecified atom stereocenters. The van der Waals surface area contributed by atoms with E-state index in [1.807, 2.05) is 31.7 Å². The lowest BCUT2D eigenvalue weighted by molar-refractivity contribution is -0.00734. The lowest BCUT2D eigenvalue weighted by Gasteiger charge is -2.39. The summed E-state index contributed by atoms with van der Waals surface area (Å²) in [5.74, 6) is 0.536. The lowest BCUT2D eigenvalue weighted by atomic mass is 10.00. The first-order valence-corrected chi connectivity index (χ1v) is 13.4. The van der Waals surface area contributed by atoms with Gasteiger partial charge in [-0.15, -0.1) is 0 Å². The van der Waals surface area contributed by atoms with Crippen molar-refractivity contribution in [1.29, 1.82) is 0 Å². The monoisotopic (exact) mass is 561 g/mol. The minimum atomic E-state index is -0.567. The summed E-state index contributed by atoms with van der Waals surface area (Å²) in [6.07, 6.45) is 4.52. The van der Waals surface area contributed by atoms with E-state index in [1.165, 1.54) is 6.33 Å². The van der Waals surface area contributed by atoms with E-state index in [-0.39, 0.29) is 40.7 Å². The van der Waals surface area contributed by atoms with Gasteiger partial charge in [0.25, 0.3) is 0 Å². The Hall–Kier alpha value is -2.84. The Labute approximate surface area is 231 Å². The van der Waals surface area contributed by atoms with Crippen molar-refractivity contribution in [1.82, 2.24) is 14.9 Å². The van der Waals surface area contributed by atoms with Crippen molar-refractivity contribution in [2.45, 2.75) is 76.7 Å². The summed E-state index contributed by atoms with van der Waals surface area (Å²) in [7, 11) is 1.58. The van der Waals surface area contributed by atoms with E-state index >= 15 is 0 Å². The molecular formula is C28H30Cl2FN3O4. The van der Waals surface area contributed by atoms with Gasteiger partial charge in [0.1, 0.15) is 23.8 Å². The molecule has 1 amide bonds. The number of nitrogens with zero attached hydrogens (tertiary/aromatic N) is 3. The van der Waals surface area contributed by atoms with Gasteiger partial charge in [0.2, 0.25) is 0 Å². The molecule has 38 heavy (non-hydrogen) atoms. The number of carbonyl (C=O) groups excluding carboxylic acids is 1. The Morgan fingerprint density at radius 2 is 1.82 bits per heavy atom. The van der Waals surface area contributed by atoms with E-state index in [4.69, 9.17) is 37.4 Å². The number of methoxy groups -OCH3 is 1. The second-order valence-corrected chi connectivity index (χ2v) is 11.6. The lowest BCUT2D eigenvalue weighted by Crippen LogP contribution is -2.50. The van der Waals surface area contributed by atoms with Gasteiger partial charge in [-0.05, 0) is 51.3 Å². The Balaban J connectivity index is 1.40. The first-order chi connectivity index (χ1) is 18.0. The van der Waals surface area contributed by atoms with Gasteiger partial charge in [0.05, 0.1) is 28.4 Å². The molecule has 1 aromatic heterocycles. The van der Waals surface area contributed by atoms with Crippen LogP contribution in [0.4, 0.5) is 9.18 Å². The van der Waals surface area contributed by atoms with E-state index in [0.717, 1.165) is 18.2 Å². The summed E-state index contributed by atoms with van der Waals surface area (Å²) in [5, 5.41) is 0.774. The predicted molar refractivity (Wildman–Crippen MR) is 144 cm³/mol. The third kappa shape index (κ3) is 5.34. The topological polar surface area (TPSA) is 73.8 Å². The van der Waals surface area contributed by atoms with Gasteiger partial charge in [-0.1, -0.05) is 29.3 Å². The number of hydrogen-bond acceptors (Lipinski definition) is 6. The van der Waals surface area contributed by atoms with Crippen LogP contribution in [0.25, 0.3) is 10.9 Å². The largest absolute Gasteiger partial charge is 0.493 e. The molecule has 0 radical (unpaired) electrons. The molecule has 2 bridgehead atoms. The smallest absolute Gasteiger partial charge is 0.410 e. The zero-order valence-corrected chi connectivity index (χ0v) is 23.3. The highest BCUT2D eigenvalue weighted by molar-refractivity contribution is 6.42. The molecule has 10 heteroatoms.